The van der Waals surface area contributed by atoms with Crippen molar-refractivity contribution in [1.82, 2.24) is 9.97 Å². The summed E-state index contributed by atoms with van der Waals surface area (Å²) in [7, 11) is 0. The summed E-state index contributed by atoms with van der Waals surface area (Å²) in [4.78, 5) is 9.50. The molecule has 1 heterocycles. The van der Waals surface area contributed by atoms with Crippen LogP contribution in [-0.2, 0) is 0 Å². The summed E-state index contributed by atoms with van der Waals surface area (Å²) < 4.78 is 13.5. The van der Waals surface area contributed by atoms with Crippen molar-refractivity contribution in [3.05, 3.63) is 12.0 Å². The van der Waals surface area contributed by atoms with Gasteiger partial charge in [-0.2, -0.15) is 4.98 Å². The number of nitrogens with two attached hydrogens (primary N) is 1. The predicted octanol–water partition coefficient (Wildman–Crippen LogP) is 1.14. The second-order valence-electron chi connectivity index (χ2n) is 3.39. The van der Waals surface area contributed by atoms with Gasteiger partial charge in [-0.05, 0) is 20.8 Å². The molecule has 0 spiro atoms. The lowest BCUT2D eigenvalue weighted by Gasteiger charge is -2.26. The highest BCUT2D eigenvalue weighted by atomic mass is 19.1. The van der Waals surface area contributed by atoms with Crippen LogP contribution in [0.15, 0.2) is 6.20 Å². The average molecular weight is 213 g/mol. The third-order valence-electron chi connectivity index (χ3n) is 2.09. The van der Waals surface area contributed by atoms with E-state index in [9.17, 15) is 4.39 Å². The second-order valence-corrected chi connectivity index (χ2v) is 3.39. The van der Waals surface area contributed by atoms with Gasteiger partial charge in [0.2, 0.25) is 5.95 Å². The van der Waals surface area contributed by atoms with Crippen molar-refractivity contribution in [3.8, 4) is 0 Å². The van der Waals surface area contributed by atoms with Gasteiger partial charge in [0.15, 0.2) is 11.6 Å². The first-order valence-electron chi connectivity index (χ1n) is 4.86. The zero-order valence-corrected chi connectivity index (χ0v) is 9.16. The molecule has 0 bridgehead atoms. The lowest BCUT2D eigenvalue weighted by molar-refractivity contribution is 0.588. The minimum absolute atomic E-state index is 0.171. The topological polar surface area (TPSA) is 67.1 Å². The van der Waals surface area contributed by atoms with E-state index in [4.69, 9.17) is 5.84 Å². The fourth-order valence-corrected chi connectivity index (χ4v) is 1.39. The highest BCUT2D eigenvalue weighted by Gasteiger charge is 2.15. The number of nitrogens with one attached hydrogen (secondary N) is 1. The SMILES string of the molecule is CCN(c1nc(NN)ncc1F)C(C)C. The Balaban J connectivity index is 3.09. The van der Waals surface area contributed by atoms with Crippen LogP contribution >= 0.6 is 0 Å². The third kappa shape index (κ3) is 2.53. The van der Waals surface area contributed by atoms with E-state index in [1.54, 1.807) is 0 Å². The summed E-state index contributed by atoms with van der Waals surface area (Å²) in [6, 6.07) is 0.171. The van der Waals surface area contributed by atoms with Crippen LogP contribution in [0.4, 0.5) is 16.2 Å². The number of anilines is 2. The molecular formula is C9H16FN5. The predicted molar refractivity (Wildman–Crippen MR) is 58.0 cm³/mol. The maximum absolute atomic E-state index is 13.5. The Bertz CT molecular complexity index is 328. The summed E-state index contributed by atoms with van der Waals surface area (Å²) in [6.45, 7) is 6.56. The Morgan fingerprint density at radius 1 is 1.60 bits per heavy atom. The van der Waals surface area contributed by atoms with E-state index in [0.29, 0.717) is 6.54 Å². The third-order valence-corrected chi connectivity index (χ3v) is 2.09. The van der Waals surface area contributed by atoms with Gasteiger partial charge in [0.05, 0.1) is 6.20 Å². The summed E-state index contributed by atoms with van der Waals surface area (Å²) in [5.41, 5.74) is 2.30. The van der Waals surface area contributed by atoms with E-state index >= 15 is 0 Å². The Labute approximate surface area is 88.5 Å². The zero-order valence-electron chi connectivity index (χ0n) is 9.16. The Hall–Kier alpha value is -1.43. The molecule has 1 aromatic heterocycles. The Morgan fingerprint density at radius 2 is 2.27 bits per heavy atom. The Kier molecular flexibility index (Phi) is 3.79. The highest BCUT2D eigenvalue weighted by molar-refractivity contribution is 5.44. The normalized spacial score (nSPS) is 10.5. The van der Waals surface area contributed by atoms with Gasteiger partial charge in [-0.15, -0.1) is 0 Å². The van der Waals surface area contributed by atoms with Crippen LogP contribution in [-0.4, -0.2) is 22.6 Å². The molecule has 0 aliphatic heterocycles. The van der Waals surface area contributed by atoms with Crippen LogP contribution in [0.3, 0.4) is 0 Å². The largest absolute Gasteiger partial charge is 0.352 e. The first kappa shape index (κ1) is 11.6. The highest BCUT2D eigenvalue weighted by Crippen LogP contribution is 2.18. The summed E-state index contributed by atoms with van der Waals surface area (Å²) in [5.74, 6) is 5.22. The molecule has 0 aromatic carbocycles. The summed E-state index contributed by atoms with van der Waals surface area (Å²) >= 11 is 0. The maximum atomic E-state index is 13.5. The van der Waals surface area contributed by atoms with E-state index in [0.717, 1.165) is 6.20 Å². The standard InChI is InChI=1S/C9H16FN5/c1-4-15(6(2)3)8-7(10)5-12-9(13-8)14-11/h5-6H,4,11H2,1-3H3,(H,12,13,14). The van der Waals surface area contributed by atoms with E-state index in [2.05, 4.69) is 15.4 Å². The lowest BCUT2D eigenvalue weighted by Crippen LogP contribution is -2.32. The molecule has 15 heavy (non-hydrogen) atoms. The van der Waals surface area contributed by atoms with E-state index in [1.165, 1.54) is 0 Å². The van der Waals surface area contributed by atoms with Crippen molar-refractivity contribution < 1.29 is 4.39 Å². The molecular weight excluding hydrogens is 197 g/mol. The number of hydrazine groups is 1. The molecule has 0 fully saturated rings. The average Bonchev–Trinajstić information content (AvgIpc) is 2.21. The minimum atomic E-state index is -0.440. The van der Waals surface area contributed by atoms with Gasteiger partial charge in [-0.1, -0.05) is 0 Å². The fourth-order valence-electron chi connectivity index (χ4n) is 1.39. The summed E-state index contributed by atoms with van der Waals surface area (Å²) in [5, 5.41) is 0. The van der Waals surface area contributed by atoms with Crippen molar-refractivity contribution in [2.24, 2.45) is 5.84 Å². The fraction of sp³-hybridized carbons (Fsp3) is 0.556. The van der Waals surface area contributed by atoms with Gasteiger partial charge in [0.25, 0.3) is 0 Å². The van der Waals surface area contributed by atoms with Gasteiger partial charge >= 0.3 is 0 Å². The van der Waals surface area contributed by atoms with E-state index in [1.807, 2.05) is 25.7 Å². The minimum Gasteiger partial charge on any atom is -0.352 e. The molecule has 0 atom stereocenters. The molecule has 3 N–H and O–H groups in total. The molecule has 0 amide bonds. The quantitative estimate of drug-likeness (QED) is 0.580. The number of nitrogens with zero attached hydrogens (tertiary/aromatic N) is 3. The van der Waals surface area contributed by atoms with Gasteiger partial charge in [0.1, 0.15) is 0 Å². The van der Waals surface area contributed by atoms with Crippen LogP contribution in [0.5, 0.6) is 0 Å². The zero-order chi connectivity index (χ0) is 11.4. The van der Waals surface area contributed by atoms with Gasteiger partial charge < -0.3 is 4.90 Å². The monoisotopic (exact) mass is 213 g/mol. The van der Waals surface area contributed by atoms with Crippen LogP contribution in [0.2, 0.25) is 0 Å². The van der Waals surface area contributed by atoms with Crippen LogP contribution in [0.25, 0.3) is 0 Å². The van der Waals surface area contributed by atoms with Crippen LogP contribution in [0, 0.1) is 5.82 Å². The molecule has 0 aliphatic carbocycles. The molecule has 1 aromatic rings. The molecule has 5 nitrogen and oxygen atoms in total. The number of aromatic nitrogens is 2. The number of nitrogen functional groups attached to an aromatic ring is 1. The first-order valence-corrected chi connectivity index (χ1v) is 4.86. The van der Waals surface area contributed by atoms with Crippen molar-refractivity contribution in [3.63, 3.8) is 0 Å². The number of halogens is 1. The molecule has 0 aliphatic rings. The molecule has 0 radical (unpaired) electrons. The molecule has 0 saturated carbocycles. The number of rotatable bonds is 4. The van der Waals surface area contributed by atoms with E-state index in [-0.39, 0.29) is 17.8 Å². The summed E-state index contributed by atoms with van der Waals surface area (Å²) in [6.07, 6.45) is 1.11. The van der Waals surface area contributed by atoms with Crippen molar-refractivity contribution in [2.45, 2.75) is 26.8 Å². The molecule has 0 unspecified atom stereocenters. The van der Waals surface area contributed by atoms with Gasteiger partial charge in [0, 0.05) is 12.6 Å². The smallest absolute Gasteiger partial charge is 0.239 e. The van der Waals surface area contributed by atoms with Crippen LogP contribution < -0.4 is 16.2 Å². The molecule has 1 rings (SSSR count). The van der Waals surface area contributed by atoms with E-state index < -0.39 is 5.82 Å². The lowest BCUT2D eigenvalue weighted by atomic mass is 10.3. The molecule has 84 valence electrons. The van der Waals surface area contributed by atoms with Crippen molar-refractivity contribution in [2.75, 3.05) is 16.9 Å². The number of hydrogen-bond donors (Lipinski definition) is 2. The van der Waals surface area contributed by atoms with Crippen molar-refractivity contribution in [1.29, 1.82) is 0 Å². The Morgan fingerprint density at radius 3 is 2.73 bits per heavy atom. The molecule has 0 saturated heterocycles. The molecule has 6 heteroatoms. The maximum Gasteiger partial charge on any atom is 0.239 e. The van der Waals surface area contributed by atoms with Crippen LogP contribution in [0.1, 0.15) is 20.8 Å². The first-order chi connectivity index (χ1) is 7.10. The second kappa shape index (κ2) is 4.88. The van der Waals surface area contributed by atoms with Gasteiger partial charge in [-0.25, -0.2) is 15.2 Å². The van der Waals surface area contributed by atoms with Crippen molar-refractivity contribution >= 4 is 11.8 Å². The number of hydrogen-bond acceptors (Lipinski definition) is 5. The van der Waals surface area contributed by atoms with Gasteiger partial charge in [-0.3, -0.25) is 5.43 Å².